The molecule has 3 N–H and O–H groups in total. The fraction of sp³-hybridized carbons (Fsp3) is 0.550. The Labute approximate surface area is 157 Å². The predicted molar refractivity (Wildman–Crippen MR) is 97.3 cm³/mol. The molecule has 7 heteroatoms. The third kappa shape index (κ3) is 2.76. The van der Waals surface area contributed by atoms with Gasteiger partial charge in [-0.2, -0.15) is 0 Å². The Kier molecular flexibility index (Phi) is 3.84. The number of amides is 3. The molecule has 7 nitrogen and oxygen atoms in total. The van der Waals surface area contributed by atoms with Crippen LogP contribution >= 0.6 is 0 Å². The van der Waals surface area contributed by atoms with Gasteiger partial charge in [-0.15, -0.1) is 0 Å². The highest BCUT2D eigenvalue weighted by Crippen LogP contribution is 2.39. The normalized spacial score (nSPS) is 32.9. The zero-order chi connectivity index (χ0) is 18.7. The molecule has 3 unspecified atom stereocenters. The van der Waals surface area contributed by atoms with E-state index in [1.807, 2.05) is 12.1 Å². The minimum absolute atomic E-state index is 0.115. The summed E-state index contributed by atoms with van der Waals surface area (Å²) in [5.74, 6) is 0.514. The number of nitrogens with two attached hydrogens (primary N) is 1. The number of hydrogen-bond donors (Lipinski definition) is 2. The van der Waals surface area contributed by atoms with Crippen molar-refractivity contribution in [2.24, 2.45) is 17.6 Å². The number of rotatable bonds is 3. The molecule has 1 aromatic carbocycles. The highest BCUT2D eigenvalue weighted by molar-refractivity contribution is 6.05. The molecule has 6 rings (SSSR count). The van der Waals surface area contributed by atoms with Gasteiger partial charge >= 0.3 is 0 Å². The average Bonchev–Trinajstić information content (AvgIpc) is 2.97. The second-order valence-corrected chi connectivity index (χ2v) is 8.42. The lowest BCUT2D eigenvalue weighted by Crippen LogP contribution is -2.61. The van der Waals surface area contributed by atoms with E-state index in [1.165, 1.54) is 12.0 Å². The van der Waals surface area contributed by atoms with E-state index in [1.54, 1.807) is 4.90 Å². The van der Waals surface area contributed by atoms with Gasteiger partial charge in [0.15, 0.2) is 0 Å². The lowest BCUT2D eigenvalue weighted by Gasteiger charge is -2.52. The first-order valence-electron chi connectivity index (χ1n) is 9.74. The van der Waals surface area contributed by atoms with Crippen molar-refractivity contribution in [1.29, 1.82) is 0 Å². The number of nitrogens with zero attached hydrogens (tertiary/aromatic N) is 2. The molecule has 142 valence electrons. The van der Waals surface area contributed by atoms with Gasteiger partial charge in [0, 0.05) is 44.2 Å². The second kappa shape index (κ2) is 6.14. The van der Waals surface area contributed by atoms with E-state index < -0.39 is 6.04 Å². The summed E-state index contributed by atoms with van der Waals surface area (Å²) in [4.78, 5) is 40.3. The molecule has 5 aliphatic rings. The maximum Gasteiger partial charge on any atom is 0.255 e. The van der Waals surface area contributed by atoms with Crippen molar-refractivity contribution in [2.45, 2.75) is 44.4 Å². The number of carbonyl (C=O) groups excluding carboxylic acids is 3. The number of fused-ring (bicyclic) bond motifs is 3. The first-order valence-corrected chi connectivity index (χ1v) is 9.74. The first kappa shape index (κ1) is 16.9. The Balaban J connectivity index is 1.29. The van der Waals surface area contributed by atoms with E-state index in [9.17, 15) is 14.4 Å². The molecule has 1 aromatic rings. The third-order valence-electron chi connectivity index (χ3n) is 6.67. The van der Waals surface area contributed by atoms with Gasteiger partial charge in [-0.3, -0.25) is 24.6 Å². The van der Waals surface area contributed by atoms with Crippen molar-refractivity contribution in [2.75, 3.05) is 13.1 Å². The van der Waals surface area contributed by atoms with Gasteiger partial charge in [-0.1, -0.05) is 12.1 Å². The third-order valence-corrected chi connectivity index (χ3v) is 6.67. The Hall–Kier alpha value is -2.25. The minimum atomic E-state index is -0.554. The van der Waals surface area contributed by atoms with Crippen LogP contribution in [0.15, 0.2) is 18.2 Å². The van der Waals surface area contributed by atoms with Crippen LogP contribution in [-0.2, 0) is 22.7 Å². The summed E-state index contributed by atoms with van der Waals surface area (Å²) in [6, 6.07) is 5.82. The number of hydrogen-bond acceptors (Lipinski definition) is 5. The molecule has 1 aliphatic carbocycles. The van der Waals surface area contributed by atoms with E-state index in [4.69, 9.17) is 5.73 Å². The fourth-order valence-corrected chi connectivity index (χ4v) is 5.14. The highest BCUT2D eigenvalue weighted by Gasteiger charge is 2.44. The quantitative estimate of drug-likeness (QED) is 0.745. The van der Waals surface area contributed by atoms with E-state index in [0.717, 1.165) is 25.2 Å². The van der Waals surface area contributed by atoms with E-state index in [2.05, 4.69) is 16.3 Å². The van der Waals surface area contributed by atoms with Gasteiger partial charge in [0.25, 0.3) is 5.91 Å². The van der Waals surface area contributed by atoms with Gasteiger partial charge in [0.05, 0.1) is 0 Å². The van der Waals surface area contributed by atoms with Gasteiger partial charge in [-0.05, 0) is 41.9 Å². The van der Waals surface area contributed by atoms with E-state index >= 15 is 0 Å². The zero-order valence-corrected chi connectivity index (χ0v) is 15.2. The zero-order valence-electron chi connectivity index (χ0n) is 15.2. The standard InChI is InChI=1S/C20H24N4O3/c21-18-13-6-14(18)9-23(8-13)7-11-1-2-15-12(5-11)10-24(20(15)27)16-3-4-17(25)22-19(16)26/h1-2,5,13-14,16,18H,3-4,6-10,21H2,(H,22,25,26). The number of carbonyl (C=O) groups is 3. The van der Waals surface area contributed by atoms with Crippen LogP contribution < -0.4 is 11.1 Å². The fourth-order valence-electron chi connectivity index (χ4n) is 5.14. The molecule has 4 fully saturated rings. The summed E-state index contributed by atoms with van der Waals surface area (Å²) in [6.45, 7) is 3.41. The topological polar surface area (TPSA) is 95.7 Å². The van der Waals surface area contributed by atoms with Crippen molar-refractivity contribution >= 4 is 17.7 Å². The van der Waals surface area contributed by atoms with Crippen LogP contribution in [0.5, 0.6) is 0 Å². The van der Waals surface area contributed by atoms with Gasteiger partial charge < -0.3 is 10.6 Å². The van der Waals surface area contributed by atoms with Crippen LogP contribution in [-0.4, -0.2) is 52.7 Å². The van der Waals surface area contributed by atoms with Crippen LogP contribution in [0.2, 0.25) is 0 Å². The van der Waals surface area contributed by atoms with Crippen molar-refractivity contribution in [3.05, 3.63) is 34.9 Å². The highest BCUT2D eigenvalue weighted by atomic mass is 16.2. The molecule has 27 heavy (non-hydrogen) atoms. The van der Waals surface area contributed by atoms with Crippen LogP contribution in [0.4, 0.5) is 0 Å². The van der Waals surface area contributed by atoms with Crippen LogP contribution in [0.25, 0.3) is 0 Å². The molecular formula is C20H24N4O3. The Morgan fingerprint density at radius 2 is 1.93 bits per heavy atom. The summed E-state index contributed by atoms with van der Waals surface area (Å²) < 4.78 is 0. The number of imide groups is 1. The average molecular weight is 368 g/mol. The Morgan fingerprint density at radius 1 is 1.15 bits per heavy atom. The molecule has 3 saturated heterocycles. The second-order valence-electron chi connectivity index (χ2n) is 8.42. The van der Waals surface area contributed by atoms with Crippen molar-refractivity contribution in [3.63, 3.8) is 0 Å². The number of benzene rings is 1. The number of nitrogens with one attached hydrogen (secondary N) is 1. The molecule has 3 atom stereocenters. The van der Waals surface area contributed by atoms with Crippen LogP contribution in [0.1, 0.15) is 40.7 Å². The van der Waals surface area contributed by atoms with E-state index in [-0.39, 0.29) is 24.1 Å². The summed E-state index contributed by atoms with van der Waals surface area (Å²) >= 11 is 0. The smallest absolute Gasteiger partial charge is 0.255 e. The molecule has 4 heterocycles. The SMILES string of the molecule is NC1C2CC1CN(Cc1ccc3c(c1)CN(C1CCC(=O)NC1=O)C3=O)C2. The molecule has 3 amide bonds. The largest absolute Gasteiger partial charge is 0.327 e. The van der Waals surface area contributed by atoms with Gasteiger partial charge in [0.2, 0.25) is 11.8 Å². The molecule has 0 aromatic heterocycles. The van der Waals surface area contributed by atoms with Crippen molar-refractivity contribution in [1.82, 2.24) is 15.1 Å². The summed E-state index contributed by atoms with van der Waals surface area (Å²) in [5.41, 5.74) is 9.00. The molecule has 0 radical (unpaired) electrons. The maximum absolute atomic E-state index is 12.7. The number of piperidine rings is 3. The Bertz CT molecular complexity index is 827. The van der Waals surface area contributed by atoms with Gasteiger partial charge in [-0.25, -0.2) is 0 Å². The predicted octanol–water partition coefficient (Wildman–Crippen LogP) is 0.227. The van der Waals surface area contributed by atoms with Crippen LogP contribution in [0.3, 0.4) is 0 Å². The first-order chi connectivity index (χ1) is 13.0. The molecule has 4 aliphatic heterocycles. The molecule has 1 saturated carbocycles. The van der Waals surface area contributed by atoms with Gasteiger partial charge in [0.1, 0.15) is 6.04 Å². The molecule has 2 bridgehead atoms. The molecule has 0 spiro atoms. The van der Waals surface area contributed by atoms with Crippen LogP contribution in [0, 0.1) is 11.8 Å². The summed E-state index contributed by atoms with van der Waals surface area (Å²) in [6.07, 6.45) is 1.94. The molecular weight excluding hydrogens is 344 g/mol. The minimum Gasteiger partial charge on any atom is -0.327 e. The van der Waals surface area contributed by atoms with Crippen molar-refractivity contribution < 1.29 is 14.4 Å². The summed E-state index contributed by atoms with van der Waals surface area (Å²) in [5, 5.41) is 2.34. The lowest BCUT2D eigenvalue weighted by atomic mass is 9.67. The van der Waals surface area contributed by atoms with E-state index in [0.29, 0.717) is 36.4 Å². The Morgan fingerprint density at radius 3 is 2.63 bits per heavy atom. The maximum atomic E-state index is 12.7. The lowest BCUT2D eigenvalue weighted by molar-refractivity contribution is -0.136. The summed E-state index contributed by atoms with van der Waals surface area (Å²) in [7, 11) is 0. The monoisotopic (exact) mass is 368 g/mol. The van der Waals surface area contributed by atoms with Crippen molar-refractivity contribution in [3.8, 4) is 0 Å².